The number of nitrogens with zero attached hydrogens (tertiary/aromatic N) is 1. The number of rotatable bonds is 7. The van der Waals surface area contributed by atoms with E-state index in [1.54, 1.807) is 36.5 Å². The van der Waals surface area contributed by atoms with Gasteiger partial charge >= 0.3 is 5.97 Å². The Balaban J connectivity index is 1.98. The summed E-state index contributed by atoms with van der Waals surface area (Å²) in [5.74, 6) is -1.14. The van der Waals surface area contributed by atoms with Crippen LogP contribution in [0.3, 0.4) is 0 Å². The van der Waals surface area contributed by atoms with E-state index in [0.29, 0.717) is 11.4 Å². The minimum atomic E-state index is -1.11. The number of carboxylic acid groups (broad SMARTS) is 1. The molecule has 124 valence electrons. The van der Waals surface area contributed by atoms with E-state index >= 15 is 0 Å². The number of anilines is 1. The van der Waals surface area contributed by atoms with E-state index in [2.05, 4.69) is 10.5 Å². The van der Waals surface area contributed by atoms with Gasteiger partial charge in [0.1, 0.15) is 5.75 Å². The van der Waals surface area contributed by atoms with Crippen molar-refractivity contribution in [1.29, 1.82) is 0 Å². The largest absolute Gasteiger partial charge is 0.484 e. The molecule has 8 heteroatoms. The van der Waals surface area contributed by atoms with Gasteiger partial charge in [-0.15, -0.1) is 0 Å². The molecule has 7 nitrogen and oxygen atoms in total. The van der Waals surface area contributed by atoms with Gasteiger partial charge in [0, 0.05) is 0 Å². The quantitative estimate of drug-likeness (QED) is 0.525. The number of nitrogens with one attached hydrogen (secondary N) is 1. The van der Waals surface area contributed by atoms with Gasteiger partial charge in [-0.2, -0.15) is 5.10 Å². The normalized spacial score (nSPS) is 10.5. The van der Waals surface area contributed by atoms with Gasteiger partial charge in [-0.3, -0.25) is 10.2 Å². The third-order valence-corrected chi connectivity index (χ3v) is 3.19. The van der Waals surface area contributed by atoms with Gasteiger partial charge in [-0.25, -0.2) is 4.79 Å². The first-order valence-electron chi connectivity index (χ1n) is 6.79. The molecule has 0 spiro atoms. The molecule has 0 fully saturated rings. The number of carboxylic acids is 1. The molecule has 0 radical (unpaired) electrons. The Hall–Kier alpha value is -3.06. The first kappa shape index (κ1) is 17.3. The van der Waals surface area contributed by atoms with E-state index in [0.717, 1.165) is 5.56 Å². The number of benzene rings is 2. The Morgan fingerprint density at radius 2 is 1.96 bits per heavy atom. The molecule has 24 heavy (non-hydrogen) atoms. The summed E-state index contributed by atoms with van der Waals surface area (Å²) in [5.41, 5.74) is 8.98. The minimum Gasteiger partial charge on any atom is -0.484 e. The number of aromatic carboxylic acids is 1. The van der Waals surface area contributed by atoms with Gasteiger partial charge in [0.15, 0.2) is 6.61 Å². The zero-order chi connectivity index (χ0) is 17.5. The Bertz CT molecular complexity index is 775. The average Bonchev–Trinajstić information content (AvgIpc) is 2.55. The Kier molecular flexibility index (Phi) is 5.75. The fourth-order valence-electron chi connectivity index (χ4n) is 1.74. The summed E-state index contributed by atoms with van der Waals surface area (Å²) in [5, 5.41) is 13.2. The van der Waals surface area contributed by atoms with Crippen LogP contribution in [0.2, 0.25) is 5.02 Å². The van der Waals surface area contributed by atoms with Crippen molar-refractivity contribution in [3.05, 3.63) is 58.6 Å². The van der Waals surface area contributed by atoms with Gasteiger partial charge in [0.25, 0.3) is 5.91 Å². The first-order chi connectivity index (χ1) is 11.5. The zero-order valence-corrected chi connectivity index (χ0v) is 13.2. The van der Waals surface area contributed by atoms with Crippen LogP contribution in [0.15, 0.2) is 47.6 Å². The standard InChI is InChI=1S/C16H14ClN3O4/c17-14-6-3-11(7-13(14)16(22)23)20-19-8-10-1-4-12(5-2-10)24-9-15(18)21/h1-8,20H,9H2,(H2,18,21)(H,22,23)/b19-8+. The van der Waals surface area contributed by atoms with Crippen molar-refractivity contribution in [2.75, 3.05) is 12.0 Å². The molecule has 0 saturated carbocycles. The van der Waals surface area contributed by atoms with Crippen molar-refractivity contribution in [1.82, 2.24) is 0 Å². The second-order valence-corrected chi connectivity index (χ2v) is 5.10. The summed E-state index contributed by atoms with van der Waals surface area (Å²) in [6.07, 6.45) is 1.55. The number of halogens is 1. The van der Waals surface area contributed by atoms with Crippen LogP contribution in [0.1, 0.15) is 15.9 Å². The molecular formula is C16H14ClN3O4. The Morgan fingerprint density at radius 3 is 2.58 bits per heavy atom. The highest BCUT2D eigenvalue weighted by Gasteiger charge is 2.08. The number of hydrazone groups is 1. The highest BCUT2D eigenvalue weighted by Crippen LogP contribution is 2.20. The second-order valence-electron chi connectivity index (χ2n) is 4.69. The number of primary amides is 1. The van der Waals surface area contributed by atoms with Crippen LogP contribution < -0.4 is 15.9 Å². The third-order valence-electron chi connectivity index (χ3n) is 2.87. The molecule has 0 aliphatic heterocycles. The van der Waals surface area contributed by atoms with Gasteiger partial charge < -0.3 is 15.6 Å². The summed E-state index contributed by atoms with van der Waals surface area (Å²) < 4.78 is 5.14. The Labute approximate surface area is 142 Å². The van der Waals surface area contributed by atoms with Crippen LogP contribution in [0.5, 0.6) is 5.75 Å². The number of hydrogen-bond donors (Lipinski definition) is 3. The van der Waals surface area contributed by atoms with Crippen LogP contribution in [-0.2, 0) is 4.79 Å². The fourth-order valence-corrected chi connectivity index (χ4v) is 1.94. The number of hydrogen-bond acceptors (Lipinski definition) is 5. The lowest BCUT2D eigenvalue weighted by atomic mass is 10.2. The summed E-state index contributed by atoms with van der Waals surface area (Å²) in [7, 11) is 0. The number of ether oxygens (including phenoxy) is 1. The lowest BCUT2D eigenvalue weighted by Gasteiger charge is -2.04. The summed E-state index contributed by atoms with van der Waals surface area (Å²) in [6.45, 7) is -0.183. The molecule has 2 rings (SSSR count). The van der Waals surface area contributed by atoms with E-state index in [9.17, 15) is 9.59 Å². The van der Waals surface area contributed by atoms with E-state index < -0.39 is 11.9 Å². The van der Waals surface area contributed by atoms with E-state index in [1.807, 2.05) is 0 Å². The lowest BCUT2D eigenvalue weighted by Crippen LogP contribution is -2.19. The minimum absolute atomic E-state index is 0.00665. The topological polar surface area (TPSA) is 114 Å². The van der Waals surface area contributed by atoms with Crippen molar-refractivity contribution >= 4 is 35.4 Å². The van der Waals surface area contributed by atoms with Crippen LogP contribution >= 0.6 is 11.6 Å². The smallest absolute Gasteiger partial charge is 0.337 e. The molecule has 0 atom stereocenters. The molecule has 4 N–H and O–H groups in total. The van der Waals surface area contributed by atoms with E-state index in [4.69, 9.17) is 27.2 Å². The number of nitrogens with two attached hydrogens (primary N) is 1. The number of carbonyl (C=O) groups excluding carboxylic acids is 1. The number of carbonyl (C=O) groups is 2. The highest BCUT2D eigenvalue weighted by atomic mass is 35.5. The molecule has 2 aromatic rings. The average molecular weight is 348 g/mol. The molecular weight excluding hydrogens is 334 g/mol. The highest BCUT2D eigenvalue weighted by molar-refractivity contribution is 6.33. The molecule has 0 aliphatic rings. The molecule has 0 aliphatic carbocycles. The van der Waals surface area contributed by atoms with Crippen LogP contribution in [0.4, 0.5) is 5.69 Å². The van der Waals surface area contributed by atoms with Crippen molar-refractivity contribution in [3.63, 3.8) is 0 Å². The number of amides is 1. The maximum atomic E-state index is 11.0. The third kappa shape index (κ3) is 4.99. The summed E-state index contributed by atoms with van der Waals surface area (Å²) in [6, 6.07) is 11.3. The van der Waals surface area contributed by atoms with Crippen molar-refractivity contribution in [3.8, 4) is 5.75 Å². The monoisotopic (exact) mass is 347 g/mol. The SMILES string of the molecule is NC(=O)COc1ccc(/C=N/Nc2ccc(Cl)c(C(=O)O)c2)cc1. The van der Waals surface area contributed by atoms with Gasteiger partial charge in [0.05, 0.1) is 22.5 Å². The molecule has 0 heterocycles. The maximum absolute atomic E-state index is 11.0. The van der Waals surface area contributed by atoms with Crippen LogP contribution in [-0.4, -0.2) is 29.8 Å². The predicted molar refractivity (Wildman–Crippen MR) is 90.8 cm³/mol. The Morgan fingerprint density at radius 1 is 1.25 bits per heavy atom. The van der Waals surface area contributed by atoms with E-state index in [1.165, 1.54) is 12.1 Å². The van der Waals surface area contributed by atoms with Crippen LogP contribution in [0.25, 0.3) is 0 Å². The van der Waals surface area contributed by atoms with Crippen molar-refractivity contribution in [2.24, 2.45) is 10.8 Å². The molecule has 0 bridgehead atoms. The fraction of sp³-hybridized carbons (Fsp3) is 0.0625. The van der Waals surface area contributed by atoms with Gasteiger partial charge in [-0.05, 0) is 48.0 Å². The molecule has 0 saturated heterocycles. The summed E-state index contributed by atoms with van der Waals surface area (Å²) in [4.78, 5) is 21.6. The van der Waals surface area contributed by atoms with Gasteiger partial charge in [0.2, 0.25) is 0 Å². The van der Waals surface area contributed by atoms with Crippen molar-refractivity contribution in [2.45, 2.75) is 0 Å². The zero-order valence-electron chi connectivity index (χ0n) is 12.4. The van der Waals surface area contributed by atoms with Crippen molar-refractivity contribution < 1.29 is 19.4 Å². The second kappa shape index (κ2) is 7.98. The lowest BCUT2D eigenvalue weighted by molar-refractivity contribution is -0.119. The molecule has 2 aromatic carbocycles. The molecule has 0 unspecified atom stereocenters. The maximum Gasteiger partial charge on any atom is 0.337 e. The van der Waals surface area contributed by atoms with Gasteiger partial charge in [-0.1, -0.05) is 11.6 Å². The summed E-state index contributed by atoms with van der Waals surface area (Å²) >= 11 is 5.79. The first-order valence-corrected chi connectivity index (χ1v) is 7.16. The molecule has 0 aromatic heterocycles. The van der Waals surface area contributed by atoms with E-state index in [-0.39, 0.29) is 17.2 Å². The predicted octanol–water partition coefficient (Wildman–Crippen LogP) is 2.35. The molecule has 1 amide bonds. The van der Waals surface area contributed by atoms with Crippen LogP contribution in [0, 0.1) is 0 Å².